The van der Waals surface area contributed by atoms with Gasteiger partial charge in [0, 0.05) is 64.1 Å². The lowest BCUT2D eigenvalue weighted by molar-refractivity contribution is 0.103. The molecule has 1 saturated carbocycles. The molecular weight excluding hydrogens is 420 g/mol. The fraction of sp³-hybridized carbons (Fsp3) is 0.483. The first-order valence-electron chi connectivity index (χ1n) is 13.0. The second-order valence-electron chi connectivity index (χ2n) is 11.1. The van der Waals surface area contributed by atoms with Crippen molar-refractivity contribution in [3.8, 4) is 0 Å². The zero-order valence-corrected chi connectivity index (χ0v) is 20.6. The van der Waals surface area contributed by atoms with Crippen molar-refractivity contribution in [1.82, 2.24) is 10.3 Å². The Bertz CT molecular complexity index is 1280. The summed E-state index contributed by atoms with van der Waals surface area (Å²) in [4.78, 5) is 19.9. The largest absolute Gasteiger partial charge is 0.399 e. The Morgan fingerprint density at radius 3 is 2.50 bits per heavy atom. The van der Waals surface area contributed by atoms with Crippen LogP contribution in [0.15, 0.2) is 30.3 Å². The Morgan fingerprint density at radius 1 is 1.09 bits per heavy atom. The van der Waals surface area contributed by atoms with Gasteiger partial charge in [0.25, 0.3) is 0 Å². The zero-order valence-electron chi connectivity index (χ0n) is 20.6. The van der Waals surface area contributed by atoms with Crippen molar-refractivity contribution in [2.24, 2.45) is 0 Å². The highest BCUT2D eigenvalue weighted by Crippen LogP contribution is 2.46. The van der Waals surface area contributed by atoms with Gasteiger partial charge in [0.1, 0.15) is 0 Å². The van der Waals surface area contributed by atoms with Gasteiger partial charge in [-0.25, -0.2) is 0 Å². The monoisotopic (exact) mass is 456 g/mol. The molecule has 3 aliphatic rings. The van der Waals surface area contributed by atoms with Gasteiger partial charge in [0.2, 0.25) is 0 Å². The topological polar surface area (TPSA) is 74.2 Å². The van der Waals surface area contributed by atoms with E-state index in [1.54, 1.807) is 0 Å². The van der Waals surface area contributed by atoms with Gasteiger partial charge in [-0.15, -0.1) is 0 Å². The number of hydrogen-bond acceptors (Lipinski definition) is 4. The number of nitrogens with zero attached hydrogens (tertiary/aromatic N) is 1. The van der Waals surface area contributed by atoms with E-state index in [-0.39, 0.29) is 11.2 Å². The molecule has 0 amide bonds. The van der Waals surface area contributed by atoms with Gasteiger partial charge in [-0.1, -0.05) is 33.3 Å². The Kier molecular flexibility index (Phi) is 5.03. The van der Waals surface area contributed by atoms with Crippen molar-refractivity contribution in [1.29, 1.82) is 0 Å². The fourth-order valence-electron chi connectivity index (χ4n) is 6.30. The molecule has 2 fully saturated rings. The van der Waals surface area contributed by atoms with E-state index < -0.39 is 0 Å². The van der Waals surface area contributed by atoms with E-state index >= 15 is 0 Å². The minimum absolute atomic E-state index is 0.130. The summed E-state index contributed by atoms with van der Waals surface area (Å²) in [5.74, 6) is 0.130. The maximum Gasteiger partial charge on any atom is 0.195 e. The lowest BCUT2D eigenvalue weighted by Gasteiger charge is -2.40. The number of aromatic amines is 1. The Balaban J connectivity index is 1.37. The van der Waals surface area contributed by atoms with E-state index in [2.05, 4.69) is 48.1 Å². The van der Waals surface area contributed by atoms with Crippen LogP contribution in [0.1, 0.15) is 85.6 Å². The number of carbonyl (C=O) groups is 1. The number of hydrogen-bond donors (Lipinski definition) is 3. The normalized spacial score (nSPS) is 20.3. The first-order chi connectivity index (χ1) is 16.4. The van der Waals surface area contributed by atoms with Gasteiger partial charge in [0.15, 0.2) is 5.78 Å². The average molecular weight is 457 g/mol. The van der Waals surface area contributed by atoms with Gasteiger partial charge in [-0.2, -0.15) is 0 Å². The van der Waals surface area contributed by atoms with Crippen LogP contribution in [0.25, 0.3) is 10.9 Å². The number of aromatic nitrogens is 1. The number of nitrogens with two attached hydrogens (primary N) is 1. The van der Waals surface area contributed by atoms with Crippen LogP contribution in [0, 0.1) is 0 Å². The number of piperidine rings is 1. The number of ketones is 1. The first kappa shape index (κ1) is 21.7. The number of benzene rings is 2. The number of fused-ring (bicyclic) bond motifs is 4. The molecule has 0 unspecified atom stereocenters. The second kappa shape index (κ2) is 7.88. The molecular formula is C29H36N4O. The molecule has 34 heavy (non-hydrogen) atoms. The quantitative estimate of drug-likeness (QED) is 0.466. The predicted octanol–water partition coefficient (Wildman–Crippen LogP) is 5.29. The van der Waals surface area contributed by atoms with Crippen molar-refractivity contribution >= 4 is 28.1 Å². The minimum atomic E-state index is -0.294. The Hall–Kier alpha value is -2.79. The number of H-pyrrole nitrogens is 1. The van der Waals surface area contributed by atoms with E-state index in [9.17, 15) is 4.79 Å². The Labute approximate surface area is 202 Å². The van der Waals surface area contributed by atoms with E-state index in [4.69, 9.17) is 5.73 Å². The summed E-state index contributed by atoms with van der Waals surface area (Å²) < 4.78 is 0. The van der Waals surface area contributed by atoms with Crippen LogP contribution in [0.5, 0.6) is 0 Å². The summed E-state index contributed by atoms with van der Waals surface area (Å²) in [6.45, 7) is 8.82. The highest BCUT2D eigenvalue weighted by Gasteiger charge is 2.40. The fourth-order valence-corrected chi connectivity index (χ4v) is 6.30. The lowest BCUT2D eigenvalue weighted by atomic mass is 9.70. The smallest absolute Gasteiger partial charge is 0.195 e. The third kappa shape index (κ3) is 3.28. The van der Waals surface area contributed by atoms with Crippen LogP contribution in [0.3, 0.4) is 0 Å². The van der Waals surface area contributed by atoms with Crippen LogP contribution in [0.4, 0.5) is 11.4 Å². The van der Waals surface area contributed by atoms with Crippen LogP contribution in [-0.2, 0) is 11.8 Å². The molecule has 1 aromatic heterocycles. The molecule has 5 heteroatoms. The molecule has 1 aliphatic heterocycles. The van der Waals surface area contributed by atoms with Gasteiger partial charge < -0.3 is 20.9 Å². The van der Waals surface area contributed by atoms with Crippen LogP contribution in [0.2, 0.25) is 0 Å². The van der Waals surface area contributed by atoms with E-state index in [1.807, 2.05) is 18.2 Å². The summed E-state index contributed by atoms with van der Waals surface area (Å²) >= 11 is 0. The maximum absolute atomic E-state index is 13.8. The predicted molar refractivity (Wildman–Crippen MR) is 140 cm³/mol. The van der Waals surface area contributed by atoms with E-state index in [0.29, 0.717) is 11.7 Å². The molecule has 3 aromatic rings. The molecule has 2 aliphatic carbocycles. The average Bonchev–Trinajstić information content (AvgIpc) is 3.19. The van der Waals surface area contributed by atoms with Crippen LogP contribution < -0.4 is 16.0 Å². The summed E-state index contributed by atoms with van der Waals surface area (Å²) in [5.41, 5.74) is 13.8. The van der Waals surface area contributed by atoms with Crippen LogP contribution >= 0.6 is 0 Å². The molecule has 0 atom stereocenters. The highest BCUT2D eigenvalue weighted by atomic mass is 16.1. The third-order valence-corrected chi connectivity index (χ3v) is 8.60. The molecule has 4 N–H and O–H groups in total. The number of anilines is 2. The highest BCUT2D eigenvalue weighted by molar-refractivity contribution is 6.20. The minimum Gasteiger partial charge on any atom is -0.399 e. The third-order valence-electron chi connectivity index (χ3n) is 8.60. The van der Waals surface area contributed by atoms with Crippen molar-refractivity contribution in [3.63, 3.8) is 0 Å². The van der Waals surface area contributed by atoms with Gasteiger partial charge in [-0.05, 0) is 67.5 Å². The van der Waals surface area contributed by atoms with E-state index in [0.717, 1.165) is 58.8 Å². The lowest BCUT2D eigenvalue weighted by Crippen LogP contribution is -2.48. The number of nitrogen functional groups attached to an aromatic ring is 1. The summed E-state index contributed by atoms with van der Waals surface area (Å²) in [6.07, 6.45) is 7.37. The summed E-state index contributed by atoms with van der Waals surface area (Å²) in [7, 11) is 0. The van der Waals surface area contributed by atoms with Crippen molar-refractivity contribution < 1.29 is 4.79 Å². The molecule has 0 spiro atoms. The molecule has 0 radical (unpaired) electrons. The number of aryl methyl sites for hydroxylation is 1. The zero-order chi connectivity index (χ0) is 23.6. The van der Waals surface area contributed by atoms with Gasteiger partial charge in [-0.3, -0.25) is 4.79 Å². The number of nitrogens with one attached hydrogen (secondary N) is 2. The number of carbonyl (C=O) groups excluding carboxylic acids is 1. The van der Waals surface area contributed by atoms with Crippen molar-refractivity contribution in [3.05, 3.63) is 58.3 Å². The number of rotatable bonds is 4. The molecule has 178 valence electrons. The molecule has 2 heterocycles. The summed E-state index contributed by atoms with van der Waals surface area (Å²) in [6, 6.07) is 11.7. The van der Waals surface area contributed by atoms with Gasteiger partial charge in [0.05, 0.1) is 5.56 Å². The van der Waals surface area contributed by atoms with Crippen LogP contribution in [-0.4, -0.2) is 35.9 Å². The Morgan fingerprint density at radius 2 is 1.82 bits per heavy atom. The first-order valence-corrected chi connectivity index (χ1v) is 13.0. The summed E-state index contributed by atoms with van der Waals surface area (Å²) in [5, 5.41) is 4.84. The maximum atomic E-state index is 13.8. The van der Waals surface area contributed by atoms with Gasteiger partial charge >= 0.3 is 0 Å². The molecule has 2 aromatic carbocycles. The van der Waals surface area contributed by atoms with Crippen molar-refractivity contribution in [2.45, 2.75) is 76.8 Å². The SMILES string of the molecule is CCc1cc2c(cc1N1CCC(NC3CCC3)CC1)C(C)(C)c1[nH]c3cc(N)ccc3c1C2=O. The second-order valence-corrected chi connectivity index (χ2v) is 11.1. The molecule has 1 saturated heterocycles. The molecule has 5 nitrogen and oxygen atoms in total. The molecule has 6 rings (SSSR count). The molecule has 0 bridgehead atoms. The van der Waals surface area contributed by atoms with E-state index in [1.165, 1.54) is 43.4 Å². The standard InChI is InChI=1S/C29H36N4O/c1-4-17-14-22-23(16-25(17)33-12-10-20(11-13-33)31-19-6-5-7-19)29(2,3)28-26(27(22)34)21-9-8-18(30)15-24(21)32-28/h8-9,14-16,19-20,31-32H,4-7,10-13,30H2,1-3H3. The van der Waals surface area contributed by atoms with Crippen molar-refractivity contribution in [2.75, 3.05) is 23.7 Å².